The quantitative estimate of drug-likeness (QED) is 0.474. The van der Waals surface area contributed by atoms with Gasteiger partial charge in [-0.3, -0.25) is 9.59 Å². The lowest BCUT2D eigenvalue weighted by Crippen LogP contribution is -2.13. The lowest BCUT2D eigenvalue weighted by molar-refractivity contribution is -0.142. The minimum atomic E-state index is -0.173. The van der Waals surface area contributed by atoms with Crippen molar-refractivity contribution in [3.8, 4) is 0 Å². The number of carbonyl (C=O) groups excluding carboxylic acids is 2. The third-order valence-corrected chi connectivity index (χ3v) is 2.81. The second-order valence-corrected chi connectivity index (χ2v) is 3.36. The Morgan fingerprint density at radius 3 is 2.82 bits per heavy atom. The summed E-state index contributed by atoms with van der Waals surface area (Å²) in [6.07, 6.45) is 0.407. The summed E-state index contributed by atoms with van der Waals surface area (Å²) in [6, 6.07) is 0. The molecule has 0 amide bonds. The standard InChI is InChI=1S/C8H10O3/c1-4-6-3-11-8(10)5(6)2-7(4)9/h4-6H,2-3H2,1H3/t4-,5+,6-/m0/s1. The molecule has 0 aromatic heterocycles. The van der Waals surface area contributed by atoms with Crippen LogP contribution in [-0.2, 0) is 14.3 Å². The van der Waals surface area contributed by atoms with Crippen molar-refractivity contribution in [3.05, 3.63) is 0 Å². The Bertz CT molecular complexity index is 219. The van der Waals surface area contributed by atoms with Crippen LogP contribution < -0.4 is 0 Å². The molecular formula is C8H10O3. The molecule has 0 radical (unpaired) electrons. The molecule has 1 saturated carbocycles. The fourth-order valence-corrected chi connectivity index (χ4v) is 1.95. The number of ketones is 1. The summed E-state index contributed by atoms with van der Waals surface area (Å²) in [7, 11) is 0. The monoisotopic (exact) mass is 154 g/mol. The van der Waals surface area contributed by atoms with Gasteiger partial charge in [-0.25, -0.2) is 0 Å². The van der Waals surface area contributed by atoms with E-state index in [9.17, 15) is 9.59 Å². The summed E-state index contributed by atoms with van der Waals surface area (Å²) >= 11 is 0. The Hall–Kier alpha value is -0.860. The van der Waals surface area contributed by atoms with E-state index in [1.54, 1.807) is 0 Å². The van der Waals surface area contributed by atoms with Crippen LogP contribution in [0.3, 0.4) is 0 Å². The van der Waals surface area contributed by atoms with Crippen LogP contribution >= 0.6 is 0 Å². The normalized spacial score (nSPS) is 42.5. The van der Waals surface area contributed by atoms with Crippen LogP contribution in [0.15, 0.2) is 0 Å². The average Bonchev–Trinajstić information content (AvgIpc) is 2.43. The highest BCUT2D eigenvalue weighted by Gasteiger charge is 2.48. The van der Waals surface area contributed by atoms with Gasteiger partial charge in [-0.1, -0.05) is 6.92 Å². The predicted molar refractivity (Wildman–Crippen MR) is 36.7 cm³/mol. The van der Waals surface area contributed by atoms with Crippen molar-refractivity contribution in [1.82, 2.24) is 0 Å². The Morgan fingerprint density at radius 1 is 1.45 bits per heavy atom. The van der Waals surface area contributed by atoms with E-state index in [2.05, 4.69) is 0 Å². The molecule has 3 nitrogen and oxygen atoms in total. The van der Waals surface area contributed by atoms with Crippen LogP contribution in [0.5, 0.6) is 0 Å². The van der Waals surface area contributed by atoms with Crippen molar-refractivity contribution in [3.63, 3.8) is 0 Å². The Labute approximate surface area is 64.7 Å². The van der Waals surface area contributed by atoms with Gasteiger partial charge >= 0.3 is 5.97 Å². The molecule has 0 bridgehead atoms. The molecule has 11 heavy (non-hydrogen) atoms. The van der Waals surface area contributed by atoms with Crippen molar-refractivity contribution < 1.29 is 14.3 Å². The van der Waals surface area contributed by atoms with Gasteiger partial charge in [-0.15, -0.1) is 0 Å². The third-order valence-electron chi connectivity index (χ3n) is 2.81. The van der Waals surface area contributed by atoms with Crippen LogP contribution in [0.25, 0.3) is 0 Å². The molecule has 1 aliphatic carbocycles. The molecule has 0 N–H and O–H groups in total. The van der Waals surface area contributed by atoms with Crippen molar-refractivity contribution in [2.75, 3.05) is 6.61 Å². The number of hydrogen-bond donors (Lipinski definition) is 0. The Kier molecular flexibility index (Phi) is 1.28. The summed E-state index contributed by atoms with van der Waals surface area (Å²) in [4.78, 5) is 22.1. The maximum Gasteiger partial charge on any atom is 0.309 e. The smallest absolute Gasteiger partial charge is 0.309 e. The minimum absolute atomic E-state index is 0.0337. The van der Waals surface area contributed by atoms with E-state index in [-0.39, 0.29) is 29.5 Å². The van der Waals surface area contributed by atoms with Crippen LogP contribution in [0.1, 0.15) is 13.3 Å². The minimum Gasteiger partial charge on any atom is -0.465 e. The number of Topliss-reactive ketones (excluding diaryl/α,β-unsaturated/α-hetero) is 1. The van der Waals surface area contributed by atoms with E-state index in [4.69, 9.17) is 4.74 Å². The molecule has 2 rings (SSSR count). The van der Waals surface area contributed by atoms with Gasteiger partial charge in [0.2, 0.25) is 0 Å². The molecule has 1 aliphatic heterocycles. The highest BCUT2D eigenvalue weighted by Crippen LogP contribution is 2.39. The van der Waals surface area contributed by atoms with Crippen LogP contribution in [0.2, 0.25) is 0 Å². The van der Waals surface area contributed by atoms with Crippen molar-refractivity contribution in [1.29, 1.82) is 0 Å². The molecule has 0 unspecified atom stereocenters. The fourth-order valence-electron chi connectivity index (χ4n) is 1.95. The first-order valence-electron chi connectivity index (χ1n) is 3.89. The fraction of sp³-hybridized carbons (Fsp3) is 0.750. The average molecular weight is 154 g/mol. The predicted octanol–water partition coefficient (Wildman–Crippen LogP) is 0.384. The molecule has 3 atom stereocenters. The van der Waals surface area contributed by atoms with Gasteiger partial charge < -0.3 is 4.74 Å². The van der Waals surface area contributed by atoms with Crippen molar-refractivity contribution >= 4 is 11.8 Å². The first kappa shape index (κ1) is 6.83. The molecular weight excluding hydrogens is 144 g/mol. The molecule has 2 fully saturated rings. The Balaban J connectivity index is 2.24. The van der Waals surface area contributed by atoms with E-state index in [0.29, 0.717) is 13.0 Å². The highest BCUT2D eigenvalue weighted by atomic mass is 16.5. The van der Waals surface area contributed by atoms with Crippen molar-refractivity contribution in [2.24, 2.45) is 17.8 Å². The van der Waals surface area contributed by atoms with Crippen molar-refractivity contribution in [2.45, 2.75) is 13.3 Å². The zero-order chi connectivity index (χ0) is 8.01. The van der Waals surface area contributed by atoms with Crippen LogP contribution in [0, 0.1) is 17.8 Å². The van der Waals surface area contributed by atoms with Gasteiger partial charge in [-0.2, -0.15) is 0 Å². The maximum absolute atomic E-state index is 11.1. The summed E-state index contributed by atoms with van der Waals surface area (Å²) in [6.45, 7) is 2.34. The molecule has 3 heteroatoms. The number of esters is 1. The molecule has 60 valence electrons. The van der Waals surface area contributed by atoms with Gasteiger partial charge in [0, 0.05) is 18.3 Å². The molecule has 0 aromatic carbocycles. The molecule has 0 aromatic rings. The molecule has 0 spiro atoms. The maximum atomic E-state index is 11.1. The van der Waals surface area contributed by atoms with Crippen LogP contribution in [-0.4, -0.2) is 18.4 Å². The third kappa shape index (κ3) is 0.800. The zero-order valence-electron chi connectivity index (χ0n) is 6.37. The summed E-state index contributed by atoms with van der Waals surface area (Å²) < 4.78 is 4.85. The molecule has 1 saturated heterocycles. The zero-order valence-corrected chi connectivity index (χ0v) is 6.37. The highest BCUT2D eigenvalue weighted by molar-refractivity contribution is 5.91. The second kappa shape index (κ2) is 2.06. The Morgan fingerprint density at radius 2 is 2.18 bits per heavy atom. The van der Waals surface area contributed by atoms with Gasteiger partial charge in [0.15, 0.2) is 0 Å². The number of ether oxygens (including phenoxy) is 1. The first-order valence-corrected chi connectivity index (χ1v) is 3.89. The van der Waals surface area contributed by atoms with E-state index in [1.165, 1.54) is 0 Å². The summed E-state index contributed by atoms with van der Waals surface area (Å²) in [5, 5.41) is 0. The number of hydrogen-bond acceptors (Lipinski definition) is 3. The topological polar surface area (TPSA) is 43.4 Å². The SMILES string of the molecule is C[C@@H]1C(=O)C[C@H]2C(=O)OC[C@@H]12. The lowest BCUT2D eigenvalue weighted by Gasteiger charge is -2.06. The van der Waals surface area contributed by atoms with E-state index in [1.807, 2.05) is 6.92 Å². The number of fused-ring (bicyclic) bond motifs is 1. The summed E-state index contributed by atoms with van der Waals surface area (Å²) in [5.41, 5.74) is 0. The van der Waals surface area contributed by atoms with E-state index in [0.717, 1.165) is 0 Å². The lowest BCUT2D eigenvalue weighted by atomic mass is 9.94. The van der Waals surface area contributed by atoms with Crippen LogP contribution in [0.4, 0.5) is 0 Å². The number of cyclic esters (lactones) is 1. The number of carbonyl (C=O) groups is 2. The van der Waals surface area contributed by atoms with E-state index < -0.39 is 0 Å². The van der Waals surface area contributed by atoms with Gasteiger partial charge in [-0.05, 0) is 0 Å². The van der Waals surface area contributed by atoms with Gasteiger partial charge in [0.25, 0.3) is 0 Å². The molecule has 2 aliphatic rings. The second-order valence-electron chi connectivity index (χ2n) is 3.36. The molecule has 1 heterocycles. The van der Waals surface area contributed by atoms with Gasteiger partial charge in [0.1, 0.15) is 5.78 Å². The van der Waals surface area contributed by atoms with E-state index >= 15 is 0 Å². The first-order chi connectivity index (χ1) is 5.20. The largest absolute Gasteiger partial charge is 0.465 e. The summed E-state index contributed by atoms with van der Waals surface area (Å²) in [5.74, 6) is 0.142. The number of rotatable bonds is 0. The van der Waals surface area contributed by atoms with Gasteiger partial charge in [0.05, 0.1) is 12.5 Å².